The first-order valence-corrected chi connectivity index (χ1v) is 3.79. The van der Waals surface area contributed by atoms with Crippen molar-refractivity contribution in [3.8, 4) is 0 Å². The molecule has 0 aromatic carbocycles. The molecule has 0 saturated heterocycles. The van der Waals surface area contributed by atoms with Gasteiger partial charge in [0.25, 0.3) is 0 Å². The highest BCUT2D eigenvalue weighted by Gasteiger charge is 2.75. The lowest BCUT2D eigenvalue weighted by molar-refractivity contribution is -0.516. The van der Waals surface area contributed by atoms with Crippen LogP contribution in [0.3, 0.4) is 0 Å². The maximum Gasteiger partial charge on any atom is 0.405 e. The Balaban J connectivity index is 6.02. The number of carbonyl (C=O) groups excluding carboxylic acids is 1. The molecule has 0 fully saturated rings. The molecule has 0 saturated carbocycles. The Labute approximate surface area is 93.1 Å². The Hall–Kier alpha value is -1.09. The van der Waals surface area contributed by atoms with E-state index < -0.39 is 29.5 Å². The SMILES string of the molecule is NC(=O)OC(C(N)(N)O)(C(O)(O)O)C(O)(O)O. The smallest absolute Gasteiger partial charge is 0.405 e. The van der Waals surface area contributed by atoms with Gasteiger partial charge in [-0.3, -0.25) is 11.5 Å². The van der Waals surface area contributed by atoms with Crippen LogP contribution in [0.1, 0.15) is 0 Å². The van der Waals surface area contributed by atoms with E-state index >= 15 is 0 Å². The molecule has 0 aliphatic carbocycles. The second-order valence-electron chi connectivity index (χ2n) is 3.20. The number of rotatable bonds is 4. The second-order valence-corrected chi connectivity index (χ2v) is 3.20. The van der Waals surface area contributed by atoms with Gasteiger partial charge in [-0.1, -0.05) is 0 Å². The summed E-state index contributed by atoms with van der Waals surface area (Å²) in [7, 11) is 0. The molecule has 0 aliphatic rings. The predicted octanol–water partition coefficient (Wildman–Crippen LogP) is -6.35. The van der Waals surface area contributed by atoms with Crippen LogP contribution in [0.5, 0.6) is 0 Å². The van der Waals surface area contributed by atoms with Crippen LogP contribution < -0.4 is 17.2 Å². The van der Waals surface area contributed by atoms with Crippen LogP contribution in [0.25, 0.3) is 0 Å². The fourth-order valence-corrected chi connectivity index (χ4v) is 1.13. The molecule has 0 rings (SSSR count). The van der Waals surface area contributed by atoms with Gasteiger partial charge < -0.3 is 46.2 Å². The zero-order chi connectivity index (χ0) is 14.3. The summed E-state index contributed by atoms with van der Waals surface area (Å²) in [5.74, 6) is -12.6. The van der Waals surface area contributed by atoms with Gasteiger partial charge in [0.2, 0.25) is 5.85 Å². The van der Waals surface area contributed by atoms with Crippen LogP contribution in [0, 0.1) is 0 Å². The third-order valence-electron chi connectivity index (χ3n) is 1.76. The number of amides is 1. The summed E-state index contributed by atoms with van der Waals surface area (Å²) in [6.45, 7) is 0. The average molecular weight is 259 g/mol. The summed E-state index contributed by atoms with van der Waals surface area (Å²) in [5, 5.41) is 62.1. The van der Waals surface area contributed by atoms with Crippen molar-refractivity contribution in [2.24, 2.45) is 17.2 Å². The zero-order valence-electron chi connectivity index (χ0n) is 8.18. The molecule has 0 heterocycles. The van der Waals surface area contributed by atoms with E-state index in [4.69, 9.17) is 35.7 Å². The van der Waals surface area contributed by atoms with Crippen LogP contribution in [0.2, 0.25) is 0 Å². The average Bonchev–Trinajstić information content (AvgIpc) is 1.91. The minimum Gasteiger partial charge on any atom is -0.419 e. The Morgan fingerprint density at radius 1 is 0.882 bits per heavy atom. The highest BCUT2D eigenvalue weighted by molar-refractivity contribution is 5.65. The van der Waals surface area contributed by atoms with Crippen LogP contribution in [0.15, 0.2) is 0 Å². The van der Waals surface area contributed by atoms with Crippen molar-refractivity contribution in [3.63, 3.8) is 0 Å². The van der Waals surface area contributed by atoms with Crippen molar-refractivity contribution < 1.29 is 45.3 Å². The molecule has 12 heteroatoms. The molecular weight excluding hydrogens is 246 g/mol. The van der Waals surface area contributed by atoms with Crippen molar-refractivity contribution in [1.82, 2.24) is 0 Å². The number of aliphatic hydroxyl groups is 7. The first kappa shape index (κ1) is 15.9. The molecule has 0 spiro atoms. The van der Waals surface area contributed by atoms with Gasteiger partial charge in [0.1, 0.15) is 0 Å². The van der Waals surface area contributed by atoms with Crippen molar-refractivity contribution in [1.29, 1.82) is 0 Å². The quantitative estimate of drug-likeness (QED) is 0.212. The Bertz CT molecular complexity index is 261. The summed E-state index contributed by atoms with van der Waals surface area (Å²) >= 11 is 0. The fourth-order valence-electron chi connectivity index (χ4n) is 1.13. The second kappa shape index (κ2) is 3.98. The summed E-state index contributed by atoms with van der Waals surface area (Å²) in [4.78, 5) is 10.5. The van der Waals surface area contributed by atoms with E-state index in [-0.39, 0.29) is 0 Å². The highest BCUT2D eigenvalue weighted by atomic mass is 16.8. The number of nitrogens with two attached hydrogens (primary N) is 3. The number of ether oxygens (including phenoxy) is 1. The molecule has 13 N–H and O–H groups in total. The lowest BCUT2D eigenvalue weighted by Crippen LogP contribution is -2.85. The minimum atomic E-state index is -4.46. The first-order valence-electron chi connectivity index (χ1n) is 3.79. The number of carbonyl (C=O) groups is 1. The molecule has 0 aromatic heterocycles. The van der Waals surface area contributed by atoms with E-state index in [0.29, 0.717) is 0 Å². The molecule has 0 unspecified atom stereocenters. The maximum absolute atomic E-state index is 10.5. The monoisotopic (exact) mass is 259 g/mol. The van der Waals surface area contributed by atoms with Crippen molar-refractivity contribution in [2.45, 2.75) is 23.4 Å². The van der Waals surface area contributed by atoms with Crippen molar-refractivity contribution in [3.05, 3.63) is 0 Å². The zero-order valence-corrected chi connectivity index (χ0v) is 8.18. The van der Waals surface area contributed by atoms with Gasteiger partial charge in [-0.05, 0) is 0 Å². The van der Waals surface area contributed by atoms with E-state index in [2.05, 4.69) is 21.9 Å². The largest absolute Gasteiger partial charge is 0.419 e. The van der Waals surface area contributed by atoms with Crippen LogP contribution in [0.4, 0.5) is 4.79 Å². The van der Waals surface area contributed by atoms with E-state index in [1.165, 1.54) is 0 Å². The lowest BCUT2D eigenvalue weighted by Gasteiger charge is -2.48. The normalized spacial score (nSPS) is 14.6. The molecule has 12 nitrogen and oxygen atoms in total. The van der Waals surface area contributed by atoms with E-state index in [0.717, 1.165) is 0 Å². The van der Waals surface area contributed by atoms with Crippen LogP contribution >= 0.6 is 0 Å². The number of hydrogen-bond donors (Lipinski definition) is 10. The van der Waals surface area contributed by atoms with Gasteiger partial charge in [-0.25, -0.2) is 4.79 Å². The molecule has 17 heavy (non-hydrogen) atoms. The molecule has 0 aliphatic heterocycles. The fraction of sp³-hybridized carbons (Fsp3) is 0.800. The van der Waals surface area contributed by atoms with Crippen molar-refractivity contribution in [2.75, 3.05) is 0 Å². The van der Waals surface area contributed by atoms with E-state index in [1.807, 2.05) is 0 Å². The Kier molecular flexibility index (Phi) is 3.73. The van der Waals surface area contributed by atoms with Gasteiger partial charge in [0, 0.05) is 0 Å². The topological polar surface area (TPSA) is 246 Å². The third kappa shape index (κ3) is 2.60. The third-order valence-corrected chi connectivity index (χ3v) is 1.76. The maximum atomic E-state index is 10.5. The molecule has 0 atom stereocenters. The van der Waals surface area contributed by atoms with Gasteiger partial charge >= 0.3 is 23.6 Å². The van der Waals surface area contributed by atoms with E-state index in [1.54, 1.807) is 0 Å². The van der Waals surface area contributed by atoms with Crippen LogP contribution in [-0.2, 0) is 4.74 Å². The summed E-state index contributed by atoms with van der Waals surface area (Å²) in [6.07, 6.45) is -1.98. The standard InChI is InChI=1S/C5H13N3O9/c6-1(9)17-2(3(7,8)10,4(11,12)13)5(14,15)16/h10-16H,7-8H2,(H2,6,9). The summed E-state index contributed by atoms with van der Waals surface area (Å²) < 4.78 is 3.67. The Morgan fingerprint density at radius 2 is 1.18 bits per heavy atom. The minimum absolute atomic E-state index is 1.98. The lowest BCUT2D eigenvalue weighted by atomic mass is 9.91. The first-order chi connectivity index (χ1) is 7.17. The van der Waals surface area contributed by atoms with Crippen LogP contribution in [-0.4, -0.2) is 65.2 Å². The van der Waals surface area contributed by atoms with Gasteiger partial charge in [-0.2, -0.15) is 0 Å². The van der Waals surface area contributed by atoms with Crippen molar-refractivity contribution >= 4 is 6.09 Å². The summed E-state index contributed by atoms with van der Waals surface area (Å²) in [5.41, 5.74) is 9.57. The van der Waals surface area contributed by atoms with Gasteiger partial charge in [0.05, 0.1) is 0 Å². The Morgan fingerprint density at radius 3 is 1.24 bits per heavy atom. The molecule has 102 valence electrons. The molecule has 0 aromatic rings. The molecular formula is C5H13N3O9. The summed E-state index contributed by atoms with van der Waals surface area (Å²) in [6, 6.07) is 0. The predicted molar refractivity (Wildman–Crippen MR) is 45.5 cm³/mol. The number of hydrogen-bond acceptors (Lipinski definition) is 11. The molecule has 0 bridgehead atoms. The highest BCUT2D eigenvalue weighted by Crippen LogP contribution is 2.36. The molecule has 1 amide bonds. The molecule has 0 radical (unpaired) electrons. The van der Waals surface area contributed by atoms with Gasteiger partial charge in [-0.15, -0.1) is 0 Å². The van der Waals surface area contributed by atoms with E-state index in [9.17, 15) is 4.79 Å². The van der Waals surface area contributed by atoms with Gasteiger partial charge in [0.15, 0.2) is 0 Å². The number of primary amides is 1.